The van der Waals surface area contributed by atoms with Crippen LogP contribution in [0.4, 0.5) is 4.79 Å². The molecule has 190 valence electrons. The summed E-state index contributed by atoms with van der Waals surface area (Å²) in [6, 6.07) is 9.21. The van der Waals surface area contributed by atoms with Crippen molar-refractivity contribution >= 4 is 24.0 Å². The monoisotopic (exact) mass is 487 g/mol. The smallest absolute Gasteiger partial charge is 0.408 e. The molecule has 0 aliphatic heterocycles. The van der Waals surface area contributed by atoms with Crippen LogP contribution in [-0.4, -0.2) is 48.4 Å². The maximum atomic E-state index is 13.2. The first-order valence-corrected chi connectivity index (χ1v) is 11.8. The van der Waals surface area contributed by atoms with Gasteiger partial charge in [0.2, 0.25) is 0 Å². The van der Waals surface area contributed by atoms with Crippen molar-refractivity contribution in [3.63, 3.8) is 0 Å². The second-order valence-corrected chi connectivity index (χ2v) is 9.64. The van der Waals surface area contributed by atoms with E-state index in [1.54, 1.807) is 34.6 Å². The molecule has 4 atom stereocenters. The molecule has 1 aromatic rings. The minimum absolute atomic E-state index is 0.00322. The van der Waals surface area contributed by atoms with Crippen LogP contribution in [0.1, 0.15) is 46.6 Å². The van der Waals surface area contributed by atoms with Crippen molar-refractivity contribution in [2.45, 2.75) is 58.8 Å². The lowest BCUT2D eigenvalue weighted by atomic mass is 9.88. The number of fused-ring (bicyclic) bond motifs is 1. The van der Waals surface area contributed by atoms with Gasteiger partial charge in [0.15, 0.2) is 0 Å². The van der Waals surface area contributed by atoms with Crippen molar-refractivity contribution in [2.75, 3.05) is 13.2 Å². The number of carbonyl (C=O) groups is 4. The van der Waals surface area contributed by atoms with E-state index in [9.17, 15) is 19.2 Å². The highest BCUT2D eigenvalue weighted by Crippen LogP contribution is 2.65. The summed E-state index contributed by atoms with van der Waals surface area (Å²) in [6.07, 6.45) is 0.487. The van der Waals surface area contributed by atoms with Crippen LogP contribution in [0, 0.1) is 17.8 Å². The van der Waals surface area contributed by atoms with E-state index in [-0.39, 0.29) is 26.2 Å². The van der Waals surface area contributed by atoms with Crippen molar-refractivity contribution in [2.24, 2.45) is 17.8 Å². The van der Waals surface area contributed by atoms with Crippen LogP contribution in [0.3, 0.4) is 0 Å². The number of amides is 1. The Kier molecular flexibility index (Phi) is 7.87. The lowest BCUT2D eigenvalue weighted by Crippen LogP contribution is -2.57. The molecule has 1 unspecified atom stereocenters. The molecule has 0 saturated heterocycles. The van der Waals surface area contributed by atoms with Gasteiger partial charge >= 0.3 is 24.0 Å². The van der Waals surface area contributed by atoms with Gasteiger partial charge in [-0.3, -0.25) is 4.79 Å². The summed E-state index contributed by atoms with van der Waals surface area (Å²) in [7, 11) is 0. The third kappa shape index (κ3) is 6.01. The summed E-state index contributed by atoms with van der Waals surface area (Å²) in [5.74, 6) is -3.57. The van der Waals surface area contributed by atoms with Crippen molar-refractivity contribution in [1.29, 1.82) is 0 Å². The summed E-state index contributed by atoms with van der Waals surface area (Å²) >= 11 is 0. The number of esters is 3. The molecule has 2 fully saturated rings. The van der Waals surface area contributed by atoms with E-state index < -0.39 is 52.9 Å². The minimum Gasteiger partial charge on any atom is -0.466 e. The van der Waals surface area contributed by atoms with Crippen LogP contribution in [0.15, 0.2) is 42.0 Å². The number of alkyl carbamates (subject to hydrolysis) is 1. The van der Waals surface area contributed by atoms with Crippen LogP contribution in [0.5, 0.6) is 0 Å². The van der Waals surface area contributed by atoms with E-state index in [2.05, 4.69) is 5.32 Å². The second-order valence-electron chi connectivity index (χ2n) is 9.64. The number of carbonyl (C=O) groups excluding carboxylic acids is 4. The van der Waals surface area contributed by atoms with E-state index in [1.807, 2.05) is 30.3 Å². The first-order chi connectivity index (χ1) is 16.5. The van der Waals surface area contributed by atoms with E-state index in [1.165, 1.54) is 6.08 Å². The molecule has 0 heterocycles. The van der Waals surface area contributed by atoms with Crippen LogP contribution in [0.2, 0.25) is 0 Å². The largest absolute Gasteiger partial charge is 0.466 e. The van der Waals surface area contributed by atoms with E-state index in [0.29, 0.717) is 5.57 Å². The predicted molar refractivity (Wildman–Crippen MR) is 125 cm³/mol. The summed E-state index contributed by atoms with van der Waals surface area (Å²) < 4.78 is 21.2. The van der Waals surface area contributed by atoms with Gasteiger partial charge in [-0.15, -0.1) is 0 Å². The number of hydrogen-bond donors (Lipinski definition) is 1. The Balaban J connectivity index is 1.89. The summed E-state index contributed by atoms with van der Waals surface area (Å²) in [5, 5.41) is 2.68. The average molecular weight is 488 g/mol. The van der Waals surface area contributed by atoms with Crippen LogP contribution in [-0.2, 0) is 39.9 Å². The number of ether oxygens (including phenoxy) is 4. The summed E-state index contributed by atoms with van der Waals surface area (Å²) in [4.78, 5) is 51.2. The zero-order valence-electron chi connectivity index (χ0n) is 20.8. The predicted octanol–water partition coefficient (Wildman–Crippen LogP) is 3.31. The summed E-state index contributed by atoms with van der Waals surface area (Å²) in [5.41, 5.74) is -1.02. The Bertz CT molecular complexity index is 996. The molecular formula is C26H33NO8. The number of benzene rings is 1. The average Bonchev–Trinajstić information content (AvgIpc) is 3.45. The fraction of sp³-hybridized carbons (Fsp3) is 0.538. The van der Waals surface area contributed by atoms with Crippen molar-refractivity contribution in [3.05, 3.63) is 47.5 Å². The second kappa shape index (κ2) is 10.5. The maximum Gasteiger partial charge on any atom is 0.408 e. The Morgan fingerprint density at radius 1 is 1.03 bits per heavy atom. The van der Waals surface area contributed by atoms with E-state index in [4.69, 9.17) is 18.9 Å². The van der Waals surface area contributed by atoms with Gasteiger partial charge in [-0.25, -0.2) is 14.4 Å². The third-order valence-corrected chi connectivity index (χ3v) is 5.95. The number of rotatable bonds is 8. The zero-order chi connectivity index (χ0) is 25.8. The first-order valence-electron chi connectivity index (χ1n) is 11.8. The molecule has 2 aliphatic carbocycles. The molecule has 9 heteroatoms. The highest BCUT2D eigenvalue weighted by Gasteiger charge is 2.75. The van der Waals surface area contributed by atoms with Crippen molar-refractivity contribution in [1.82, 2.24) is 5.32 Å². The molecule has 1 aromatic carbocycles. The third-order valence-electron chi connectivity index (χ3n) is 5.95. The van der Waals surface area contributed by atoms with Gasteiger partial charge in [-0.2, -0.15) is 0 Å². The van der Waals surface area contributed by atoms with Gasteiger partial charge in [-0.1, -0.05) is 35.9 Å². The standard InChI is InChI=1S/C26H33NO8/c1-6-32-22(29)20-19-17(13-18(28)34-15-16-11-9-8-10-12-16)14-26(21(19)20,23(30)33-7-2)27-24(31)35-25(3,4)5/h8-13,19-21H,6-7,14-15H2,1-5H3,(H,27,31)/t19?,20-,21-,26-/m0/s1. The van der Waals surface area contributed by atoms with Gasteiger partial charge < -0.3 is 24.3 Å². The lowest BCUT2D eigenvalue weighted by molar-refractivity contribution is -0.153. The number of hydrogen-bond acceptors (Lipinski definition) is 8. The minimum atomic E-state index is -1.56. The first kappa shape index (κ1) is 26.2. The number of nitrogens with one attached hydrogen (secondary N) is 1. The van der Waals surface area contributed by atoms with E-state index in [0.717, 1.165) is 5.56 Å². The van der Waals surface area contributed by atoms with Crippen molar-refractivity contribution < 1.29 is 38.1 Å². The fourth-order valence-electron chi connectivity index (χ4n) is 4.68. The molecule has 0 radical (unpaired) electrons. The topological polar surface area (TPSA) is 117 Å². The van der Waals surface area contributed by atoms with Gasteiger partial charge in [-0.05, 0) is 40.2 Å². The van der Waals surface area contributed by atoms with Crippen LogP contribution < -0.4 is 5.32 Å². The molecule has 9 nitrogen and oxygen atoms in total. The molecule has 3 rings (SSSR count). The maximum absolute atomic E-state index is 13.2. The lowest BCUT2D eigenvalue weighted by Gasteiger charge is -2.32. The van der Waals surface area contributed by atoms with Gasteiger partial charge in [0.05, 0.1) is 19.1 Å². The Morgan fingerprint density at radius 2 is 1.69 bits per heavy atom. The SMILES string of the molecule is CCOC(=O)[C@H]1C2C(=CC(=O)OCc3ccccc3)C[C@@](NC(=O)OC(C)(C)C)(C(=O)OCC)[C@@H]21. The molecule has 1 N–H and O–H groups in total. The normalized spacial score (nSPS) is 25.9. The van der Waals surface area contributed by atoms with Gasteiger partial charge in [0, 0.05) is 24.3 Å². The van der Waals surface area contributed by atoms with Crippen LogP contribution >= 0.6 is 0 Å². The summed E-state index contributed by atoms with van der Waals surface area (Å²) in [6.45, 7) is 8.77. The van der Waals surface area contributed by atoms with Crippen molar-refractivity contribution in [3.8, 4) is 0 Å². The highest BCUT2D eigenvalue weighted by atomic mass is 16.6. The Labute approximate surface area is 205 Å². The molecule has 2 saturated carbocycles. The molecule has 0 aromatic heterocycles. The molecule has 1 amide bonds. The molecular weight excluding hydrogens is 454 g/mol. The van der Waals surface area contributed by atoms with Gasteiger partial charge in [0.25, 0.3) is 0 Å². The van der Waals surface area contributed by atoms with E-state index >= 15 is 0 Å². The molecule has 2 aliphatic rings. The van der Waals surface area contributed by atoms with Crippen LogP contribution in [0.25, 0.3) is 0 Å². The molecule has 0 bridgehead atoms. The Morgan fingerprint density at radius 3 is 2.29 bits per heavy atom. The Hall–Kier alpha value is -3.36. The van der Waals surface area contributed by atoms with Gasteiger partial charge in [0.1, 0.15) is 17.7 Å². The quantitative estimate of drug-likeness (QED) is 0.337. The highest BCUT2D eigenvalue weighted by molar-refractivity contribution is 5.93. The molecule has 0 spiro atoms. The fourth-order valence-corrected chi connectivity index (χ4v) is 4.68. The molecule has 35 heavy (non-hydrogen) atoms. The zero-order valence-corrected chi connectivity index (χ0v) is 20.8.